The summed E-state index contributed by atoms with van der Waals surface area (Å²) in [6.07, 6.45) is 6.13. The summed E-state index contributed by atoms with van der Waals surface area (Å²) in [7, 11) is 1.72. The van der Waals surface area contributed by atoms with Gasteiger partial charge in [-0.05, 0) is 55.9 Å². The Bertz CT molecular complexity index is 740. The lowest BCUT2D eigenvalue weighted by Gasteiger charge is -2.18. The third-order valence-electron chi connectivity index (χ3n) is 4.92. The molecular formula is C22H26FNO2. The van der Waals surface area contributed by atoms with Crippen molar-refractivity contribution in [3.8, 4) is 5.75 Å². The van der Waals surface area contributed by atoms with Crippen LogP contribution < -0.4 is 4.74 Å². The number of carbonyl (C=O) groups is 1. The van der Waals surface area contributed by atoms with Crippen LogP contribution in [0.1, 0.15) is 43.2 Å². The summed E-state index contributed by atoms with van der Waals surface area (Å²) in [6, 6.07) is 14.6. The van der Waals surface area contributed by atoms with Crippen LogP contribution in [0.3, 0.4) is 0 Å². The van der Waals surface area contributed by atoms with Gasteiger partial charge in [0, 0.05) is 25.6 Å². The predicted octanol–water partition coefficient (Wildman–Crippen LogP) is 4.74. The Morgan fingerprint density at radius 2 is 1.92 bits per heavy atom. The van der Waals surface area contributed by atoms with E-state index in [0.717, 1.165) is 24.2 Å². The average molecular weight is 355 g/mol. The maximum atomic E-state index is 13.7. The van der Waals surface area contributed by atoms with Gasteiger partial charge in [-0.3, -0.25) is 4.79 Å². The van der Waals surface area contributed by atoms with E-state index in [-0.39, 0.29) is 18.3 Å². The van der Waals surface area contributed by atoms with Crippen molar-refractivity contribution < 1.29 is 13.9 Å². The molecule has 0 radical (unpaired) electrons. The Morgan fingerprint density at radius 1 is 1.15 bits per heavy atom. The lowest BCUT2D eigenvalue weighted by atomic mass is 10.1. The van der Waals surface area contributed by atoms with Crippen LogP contribution in [0.2, 0.25) is 0 Å². The first-order valence-corrected chi connectivity index (χ1v) is 9.35. The fourth-order valence-electron chi connectivity index (χ4n) is 3.39. The fraction of sp³-hybridized carbons (Fsp3) is 0.409. The maximum absolute atomic E-state index is 13.7. The van der Waals surface area contributed by atoms with Crippen LogP contribution in [0.5, 0.6) is 5.75 Å². The van der Waals surface area contributed by atoms with Gasteiger partial charge in [0.1, 0.15) is 11.6 Å². The Kier molecular flexibility index (Phi) is 6.26. The molecule has 0 atom stereocenters. The van der Waals surface area contributed by atoms with E-state index in [0.29, 0.717) is 24.5 Å². The topological polar surface area (TPSA) is 29.5 Å². The van der Waals surface area contributed by atoms with Gasteiger partial charge in [-0.15, -0.1) is 0 Å². The Balaban J connectivity index is 1.51. The zero-order valence-corrected chi connectivity index (χ0v) is 15.3. The largest absolute Gasteiger partial charge is 0.490 e. The highest BCUT2D eigenvalue weighted by molar-refractivity contribution is 5.76. The molecule has 0 saturated heterocycles. The summed E-state index contributed by atoms with van der Waals surface area (Å²) in [5.74, 6) is 0.626. The zero-order chi connectivity index (χ0) is 18.4. The van der Waals surface area contributed by atoms with Crippen molar-refractivity contribution in [2.24, 2.45) is 0 Å². The first-order valence-electron chi connectivity index (χ1n) is 9.35. The van der Waals surface area contributed by atoms with Gasteiger partial charge >= 0.3 is 0 Å². The van der Waals surface area contributed by atoms with Gasteiger partial charge in [0.15, 0.2) is 0 Å². The standard InChI is InChI=1S/C22H26FNO2/c1-24(16-18-8-2-5-12-21(18)23)22(25)14-13-17-7-6-11-20(15-17)26-19-9-3-4-10-19/h2,5-8,11-12,15,19H,3-4,9-10,13-14,16H2,1H3. The van der Waals surface area contributed by atoms with E-state index in [2.05, 4.69) is 0 Å². The van der Waals surface area contributed by atoms with E-state index >= 15 is 0 Å². The Morgan fingerprint density at radius 3 is 2.69 bits per heavy atom. The van der Waals surface area contributed by atoms with Gasteiger partial charge in [0.05, 0.1) is 6.10 Å². The van der Waals surface area contributed by atoms with Gasteiger partial charge in [-0.1, -0.05) is 30.3 Å². The minimum Gasteiger partial charge on any atom is -0.490 e. The van der Waals surface area contributed by atoms with Crippen LogP contribution in [0, 0.1) is 5.82 Å². The lowest BCUT2D eigenvalue weighted by molar-refractivity contribution is -0.130. The van der Waals surface area contributed by atoms with E-state index in [1.807, 2.05) is 24.3 Å². The third-order valence-corrected chi connectivity index (χ3v) is 4.92. The Hall–Kier alpha value is -2.36. The zero-order valence-electron chi connectivity index (χ0n) is 15.3. The number of nitrogens with zero attached hydrogens (tertiary/aromatic N) is 1. The highest BCUT2D eigenvalue weighted by atomic mass is 19.1. The number of aryl methyl sites for hydroxylation is 1. The lowest BCUT2D eigenvalue weighted by Crippen LogP contribution is -2.26. The number of ether oxygens (including phenoxy) is 1. The maximum Gasteiger partial charge on any atom is 0.222 e. The van der Waals surface area contributed by atoms with Crippen molar-refractivity contribution in [1.29, 1.82) is 0 Å². The third kappa shape index (κ3) is 5.07. The van der Waals surface area contributed by atoms with Gasteiger partial charge in [-0.2, -0.15) is 0 Å². The minimum atomic E-state index is -0.274. The van der Waals surface area contributed by atoms with Crippen LogP contribution in [-0.2, 0) is 17.8 Å². The van der Waals surface area contributed by atoms with Gasteiger partial charge in [0.2, 0.25) is 5.91 Å². The molecule has 0 heterocycles. The number of carbonyl (C=O) groups excluding carboxylic acids is 1. The smallest absolute Gasteiger partial charge is 0.222 e. The number of hydrogen-bond donors (Lipinski definition) is 0. The monoisotopic (exact) mass is 355 g/mol. The summed E-state index contributed by atoms with van der Waals surface area (Å²) in [4.78, 5) is 13.9. The molecule has 2 aromatic carbocycles. The quantitative estimate of drug-likeness (QED) is 0.718. The highest BCUT2D eigenvalue weighted by Crippen LogP contribution is 2.25. The van der Waals surface area contributed by atoms with E-state index < -0.39 is 0 Å². The summed E-state index contributed by atoms with van der Waals surface area (Å²) in [5, 5.41) is 0. The molecule has 1 fully saturated rings. The molecule has 4 heteroatoms. The predicted molar refractivity (Wildman–Crippen MR) is 101 cm³/mol. The number of amides is 1. The van der Waals surface area contributed by atoms with Crippen molar-refractivity contribution in [2.45, 2.75) is 51.2 Å². The fourth-order valence-corrected chi connectivity index (χ4v) is 3.39. The van der Waals surface area contributed by atoms with Crippen LogP contribution in [0.4, 0.5) is 4.39 Å². The van der Waals surface area contributed by atoms with Crippen molar-refractivity contribution in [3.63, 3.8) is 0 Å². The van der Waals surface area contributed by atoms with Crippen LogP contribution in [0.15, 0.2) is 48.5 Å². The highest BCUT2D eigenvalue weighted by Gasteiger charge is 2.17. The van der Waals surface area contributed by atoms with Crippen molar-refractivity contribution in [2.75, 3.05) is 7.05 Å². The van der Waals surface area contributed by atoms with Crippen molar-refractivity contribution >= 4 is 5.91 Å². The number of rotatable bonds is 7. The SMILES string of the molecule is CN(Cc1ccccc1F)C(=O)CCc1cccc(OC2CCCC2)c1. The number of benzene rings is 2. The number of halogens is 1. The van der Waals surface area contributed by atoms with Crippen LogP contribution >= 0.6 is 0 Å². The molecule has 0 bridgehead atoms. The molecule has 1 saturated carbocycles. The van der Waals surface area contributed by atoms with Gasteiger partial charge < -0.3 is 9.64 Å². The molecule has 1 aliphatic rings. The van der Waals surface area contributed by atoms with Gasteiger partial charge in [-0.25, -0.2) is 4.39 Å². The molecule has 0 unspecified atom stereocenters. The second kappa shape index (κ2) is 8.84. The molecule has 3 rings (SSSR count). The van der Waals surface area contributed by atoms with E-state index in [4.69, 9.17) is 4.74 Å². The summed E-state index contributed by atoms with van der Waals surface area (Å²) in [5.41, 5.74) is 1.63. The molecule has 0 aromatic heterocycles. The molecule has 0 aliphatic heterocycles. The number of hydrogen-bond acceptors (Lipinski definition) is 2. The summed E-state index contributed by atoms with van der Waals surface area (Å²) < 4.78 is 19.7. The van der Waals surface area contributed by atoms with E-state index in [1.54, 1.807) is 30.1 Å². The second-order valence-electron chi connectivity index (χ2n) is 7.01. The van der Waals surface area contributed by atoms with Crippen LogP contribution in [0.25, 0.3) is 0 Å². The first-order chi connectivity index (χ1) is 12.6. The van der Waals surface area contributed by atoms with E-state index in [1.165, 1.54) is 18.9 Å². The molecule has 0 N–H and O–H groups in total. The Labute approximate surface area is 154 Å². The molecule has 3 nitrogen and oxygen atoms in total. The summed E-state index contributed by atoms with van der Waals surface area (Å²) in [6.45, 7) is 0.288. The average Bonchev–Trinajstić information content (AvgIpc) is 3.15. The minimum absolute atomic E-state index is 0.00960. The first kappa shape index (κ1) is 18.4. The van der Waals surface area contributed by atoms with Crippen molar-refractivity contribution in [3.05, 3.63) is 65.5 Å². The molecule has 1 amide bonds. The molecule has 0 spiro atoms. The normalized spacial score (nSPS) is 14.4. The molecule has 26 heavy (non-hydrogen) atoms. The van der Waals surface area contributed by atoms with Gasteiger partial charge in [0.25, 0.3) is 0 Å². The molecule has 2 aromatic rings. The molecule has 1 aliphatic carbocycles. The van der Waals surface area contributed by atoms with Crippen molar-refractivity contribution in [1.82, 2.24) is 4.90 Å². The van der Waals surface area contributed by atoms with Crippen LogP contribution in [-0.4, -0.2) is 24.0 Å². The molecular weight excluding hydrogens is 329 g/mol. The van der Waals surface area contributed by atoms with E-state index in [9.17, 15) is 9.18 Å². The second-order valence-corrected chi connectivity index (χ2v) is 7.01. The summed E-state index contributed by atoms with van der Waals surface area (Å²) >= 11 is 0. The molecule has 138 valence electrons.